The van der Waals surface area contributed by atoms with Crippen LogP contribution in [0.25, 0.3) is 0 Å². The summed E-state index contributed by atoms with van der Waals surface area (Å²) >= 11 is 9.33. The molecule has 0 aliphatic rings. The molecule has 0 aliphatic heterocycles. The van der Waals surface area contributed by atoms with E-state index in [4.69, 9.17) is 16.3 Å². The van der Waals surface area contributed by atoms with Gasteiger partial charge in [0.25, 0.3) is 0 Å². The minimum atomic E-state index is -0.361. The maximum absolute atomic E-state index is 11.4. The van der Waals surface area contributed by atoms with Gasteiger partial charge in [0.1, 0.15) is 5.75 Å². The lowest BCUT2D eigenvalue weighted by Gasteiger charge is -2.09. The maximum Gasteiger partial charge on any atom is 0.314 e. The number of hydrogen-bond donors (Lipinski definition) is 2. The summed E-state index contributed by atoms with van der Waals surface area (Å²) in [5.41, 5.74) is 0. The summed E-state index contributed by atoms with van der Waals surface area (Å²) in [6, 6.07) is 5.04. The monoisotopic (exact) mass is 392 g/mol. The molecule has 6 nitrogen and oxygen atoms in total. The molecule has 0 spiro atoms. The summed E-state index contributed by atoms with van der Waals surface area (Å²) in [5.74, 6) is 0.243. The number of urea groups is 1. The predicted molar refractivity (Wildman–Crippen MR) is 87.3 cm³/mol. The number of rotatable bonds is 8. The van der Waals surface area contributed by atoms with Gasteiger partial charge in [0.2, 0.25) is 0 Å². The molecule has 0 aromatic heterocycles. The highest BCUT2D eigenvalue weighted by Crippen LogP contribution is 2.27. The van der Waals surface area contributed by atoms with Crippen LogP contribution in [0.1, 0.15) is 12.8 Å². The van der Waals surface area contributed by atoms with Crippen LogP contribution >= 0.6 is 27.5 Å². The van der Waals surface area contributed by atoms with Crippen LogP contribution < -0.4 is 15.4 Å². The van der Waals surface area contributed by atoms with E-state index in [-0.39, 0.29) is 25.0 Å². The number of esters is 1. The van der Waals surface area contributed by atoms with Crippen molar-refractivity contribution < 1.29 is 19.1 Å². The zero-order valence-electron chi connectivity index (χ0n) is 12.2. The molecule has 0 bridgehead atoms. The summed E-state index contributed by atoms with van der Waals surface area (Å²) in [6.07, 6.45) is 0.784. The lowest BCUT2D eigenvalue weighted by atomic mass is 10.3. The van der Waals surface area contributed by atoms with Crippen molar-refractivity contribution >= 4 is 39.5 Å². The number of nitrogens with one attached hydrogen (secondary N) is 2. The third-order valence-corrected chi connectivity index (χ3v) is 3.39. The molecule has 1 aromatic rings. The van der Waals surface area contributed by atoms with Crippen molar-refractivity contribution in [3.63, 3.8) is 0 Å². The zero-order valence-corrected chi connectivity index (χ0v) is 14.5. The average molecular weight is 394 g/mol. The Kier molecular flexibility index (Phi) is 8.69. The average Bonchev–Trinajstić information content (AvgIpc) is 2.48. The number of carbonyl (C=O) groups is 2. The van der Waals surface area contributed by atoms with Gasteiger partial charge in [0, 0.05) is 17.6 Å². The Hall–Kier alpha value is -1.47. The van der Waals surface area contributed by atoms with Crippen LogP contribution in [0.4, 0.5) is 4.79 Å². The van der Waals surface area contributed by atoms with Crippen molar-refractivity contribution in [1.29, 1.82) is 0 Å². The van der Waals surface area contributed by atoms with E-state index in [1.807, 2.05) is 6.07 Å². The number of methoxy groups -OCH3 is 1. The van der Waals surface area contributed by atoms with Crippen molar-refractivity contribution in [1.82, 2.24) is 10.6 Å². The Morgan fingerprint density at radius 3 is 2.68 bits per heavy atom. The van der Waals surface area contributed by atoms with Crippen molar-refractivity contribution in [3.05, 3.63) is 27.7 Å². The van der Waals surface area contributed by atoms with Crippen LogP contribution in [0.5, 0.6) is 5.75 Å². The van der Waals surface area contributed by atoms with Gasteiger partial charge in [-0.2, -0.15) is 0 Å². The Labute approximate surface area is 142 Å². The van der Waals surface area contributed by atoms with Crippen molar-refractivity contribution in [2.75, 3.05) is 26.8 Å². The fourth-order valence-electron chi connectivity index (χ4n) is 1.49. The number of benzene rings is 1. The van der Waals surface area contributed by atoms with Crippen molar-refractivity contribution in [2.45, 2.75) is 12.8 Å². The second kappa shape index (κ2) is 10.3. The predicted octanol–water partition coefficient (Wildman–Crippen LogP) is 2.73. The molecule has 0 saturated heterocycles. The van der Waals surface area contributed by atoms with E-state index >= 15 is 0 Å². The zero-order chi connectivity index (χ0) is 16.4. The van der Waals surface area contributed by atoms with Gasteiger partial charge in [-0.3, -0.25) is 4.79 Å². The molecule has 0 radical (unpaired) electrons. The van der Waals surface area contributed by atoms with Crippen LogP contribution in [0.15, 0.2) is 22.7 Å². The standard InChI is InChI=1S/C14H18BrClN2O4/c1-21-13(19)5-7-18-14(20)17-6-2-8-22-12-4-3-10(15)9-11(12)16/h3-4,9H,2,5-8H2,1H3,(H2,17,18,20). The van der Waals surface area contributed by atoms with Gasteiger partial charge in [0.05, 0.1) is 25.2 Å². The SMILES string of the molecule is COC(=O)CCNC(=O)NCCCOc1ccc(Br)cc1Cl. The van der Waals surface area contributed by atoms with E-state index in [1.54, 1.807) is 12.1 Å². The van der Waals surface area contributed by atoms with Gasteiger partial charge in [-0.15, -0.1) is 0 Å². The lowest BCUT2D eigenvalue weighted by Crippen LogP contribution is -2.37. The highest BCUT2D eigenvalue weighted by atomic mass is 79.9. The smallest absolute Gasteiger partial charge is 0.314 e. The number of carbonyl (C=O) groups excluding carboxylic acids is 2. The van der Waals surface area contributed by atoms with Crippen LogP contribution in [0.2, 0.25) is 5.02 Å². The minimum absolute atomic E-state index is 0.148. The molecule has 0 unspecified atom stereocenters. The molecule has 2 N–H and O–H groups in total. The molecular formula is C14H18BrClN2O4. The molecular weight excluding hydrogens is 376 g/mol. The summed E-state index contributed by atoms with van der Waals surface area (Å²) in [4.78, 5) is 22.2. The van der Waals surface area contributed by atoms with E-state index < -0.39 is 0 Å². The fraction of sp³-hybridized carbons (Fsp3) is 0.429. The van der Waals surface area contributed by atoms with E-state index in [9.17, 15) is 9.59 Å². The van der Waals surface area contributed by atoms with Gasteiger partial charge in [-0.1, -0.05) is 27.5 Å². The van der Waals surface area contributed by atoms with E-state index in [0.29, 0.717) is 30.3 Å². The normalized spacial score (nSPS) is 9.95. The molecule has 1 aromatic carbocycles. The summed E-state index contributed by atoms with van der Waals surface area (Å²) < 4.78 is 10.9. The minimum Gasteiger partial charge on any atom is -0.492 e. The number of ether oxygens (including phenoxy) is 2. The highest BCUT2D eigenvalue weighted by molar-refractivity contribution is 9.10. The molecule has 0 saturated carbocycles. The van der Waals surface area contributed by atoms with Gasteiger partial charge >= 0.3 is 12.0 Å². The van der Waals surface area contributed by atoms with Gasteiger partial charge < -0.3 is 20.1 Å². The maximum atomic E-state index is 11.4. The molecule has 0 fully saturated rings. The first-order valence-electron chi connectivity index (χ1n) is 6.69. The van der Waals surface area contributed by atoms with Crippen LogP contribution in [-0.2, 0) is 9.53 Å². The summed E-state index contributed by atoms with van der Waals surface area (Å²) in [5, 5.41) is 5.75. The Morgan fingerprint density at radius 2 is 2.00 bits per heavy atom. The Morgan fingerprint density at radius 1 is 1.27 bits per heavy atom. The fourth-order valence-corrected chi connectivity index (χ4v) is 2.22. The van der Waals surface area contributed by atoms with Crippen molar-refractivity contribution in [3.8, 4) is 5.75 Å². The van der Waals surface area contributed by atoms with E-state index in [0.717, 1.165) is 4.47 Å². The van der Waals surface area contributed by atoms with E-state index in [1.165, 1.54) is 7.11 Å². The molecule has 22 heavy (non-hydrogen) atoms. The molecule has 8 heteroatoms. The summed E-state index contributed by atoms with van der Waals surface area (Å²) in [7, 11) is 1.31. The van der Waals surface area contributed by atoms with E-state index in [2.05, 4.69) is 31.3 Å². The quantitative estimate of drug-likeness (QED) is 0.526. The van der Waals surface area contributed by atoms with Crippen molar-refractivity contribution in [2.24, 2.45) is 0 Å². The molecule has 2 amide bonds. The van der Waals surface area contributed by atoms with Gasteiger partial charge in [-0.25, -0.2) is 4.79 Å². The molecule has 0 heterocycles. The molecule has 122 valence electrons. The molecule has 1 rings (SSSR count). The van der Waals surface area contributed by atoms with Gasteiger partial charge in [-0.05, 0) is 24.6 Å². The largest absolute Gasteiger partial charge is 0.492 e. The van der Waals surface area contributed by atoms with Crippen LogP contribution in [0, 0.1) is 0 Å². The third-order valence-electron chi connectivity index (χ3n) is 2.60. The molecule has 0 aliphatic carbocycles. The van der Waals surface area contributed by atoms with Gasteiger partial charge in [0.15, 0.2) is 0 Å². The Balaban J connectivity index is 2.10. The first-order chi connectivity index (χ1) is 10.5. The number of halogens is 2. The third kappa shape index (κ3) is 7.51. The van der Waals surface area contributed by atoms with Crippen LogP contribution in [0.3, 0.4) is 0 Å². The summed E-state index contributed by atoms with van der Waals surface area (Å²) in [6.45, 7) is 1.13. The first kappa shape index (κ1) is 18.6. The van der Waals surface area contributed by atoms with Crippen LogP contribution in [-0.4, -0.2) is 38.8 Å². The Bertz CT molecular complexity index is 514. The number of hydrogen-bond acceptors (Lipinski definition) is 4. The second-order valence-corrected chi connectivity index (χ2v) is 5.61. The first-order valence-corrected chi connectivity index (χ1v) is 7.86. The molecule has 0 atom stereocenters. The second-order valence-electron chi connectivity index (χ2n) is 4.29. The highest BCUT2D eigenvalue weighted by Gasteiger charge is 2.04. The lowest BCUT2D eigenvalue weighted by molar-refractivity contribution is -0.140. The topological polar surface area (TPSA) is 76.7 Å². The number of amides is 2.